The molecule has 0 bridgehead atoms. The van der Waals surface area contributed by atoms with Crippen LogP contribution in [-0.4, -0.2) is 46.5 Å². The van der Waals surface area contributed by atoms with Crippen LogP contribution in [0, 0.1) is 0 Å². The third-order valence-electron chi connectivity index (χ3n) is 4.16. The van der Waals surface area contributed by atoms with Crippen LogP contribution in [0.3, 0.4) is 0 Å². The van der Waals surface area contributed by atoms with Crippen molar-refractivity contribution < 1.29 is 9.53 Å². The number of nitrogens with zero attached hydrogens (tertiary/aromatic N) is 4. The van der Waals surface area contributed by atoms with E-state index in [0.717, 1.165) is 29.1 Å². The summed E-state index contributed by atoms with van der Waals surface area (Å²) in [5.74, 6) is 0.618. The Balaban J connectivity index is 1.59. The molecule has 1 saturated heterocycles. The second kappa shape index (κ2) is 6.77. The van der Waals surface area contributed by atoms with Gasteiger partial charge in [-0.05, 0) is 18.6 Å². The molecule has 1 aromatic carbocycles. The molecule has 24 heavy (non-hydrogen) atoms. The van der Waals surface area contributed by atoms with E-state index in [1.54, 1.807) is 14.2 Å². The summed E-state index contributed by atoms with van der Waals surface area (Å²) in [4.78, 5) is 26.0. The van der Waals surface area contributed by atoms with E-state index in [4.69, 9.17) is 4.74 Å². The smallest absolute Gasteiger partial charge is 0.345 e. The van der Waals surface area contributed by atoms with Gasteiger partial charge in [-0.15, -0.1) is 0 Å². The number of hydrogen-bond acceptors (Lipinski definition) is 5. The van der Waals surface area contributed by atoms with Gasteiger partial charge in [0, 0.05) is 26.2 Å². The lowest BCUT2D eigenvalue weighted by molar-refractivity contribution is -0.122. The first kappa shape index (κ1) is 16.1. The quantitative estimate of drug-likeness (QED) is 0.833. The standard InChI is InChI=1S/C16H21N5O3/c1-19-11-17-21(16(19)23)10-15(22)18-12-7-8-20(9-12)13-5-3-4-6-14(13)24-2/h3-6,11-12H,7-10H2,1-2H3,(H,18,22). The zero-order valence-electron chi connectivity index (χ0n) is 13.8. The Morgan fingerprint density at radius 1 is 1.42 bits per heavy atom. The number of aromatic nitrogens is 3. The number of carbonyl (C=O) groups excluding carboxylic acids is 1. The van der Waals surface area contributed by atoms with Crippen molar-refractivity contribution in [1.29, 1.82) is 0 Å². The Hall–Kier alpha value is -2.77. The van der Waals surface area contributed by atoms with Gasteiger partial charge in [-0.3, -0.25) is 9.36 Å². The highest BCUT2D eigenvalue weighted by molar-refractivity contribution is 5.76. The minimum Gasteiger partial charge on any atom is -0.495 e. The van der Waals surface area contributed by atoms with Gasteiger partial charge < -0.3 is 15.0 Å². The van der Waals surface area contributed by atoms with E-state index < -0.39 is 0 Å². The summed E-state index contributed by atoms with van der Waals surface area (Å²) in [5, 5.41) is 6.87. The van der Waals surface area contributed by atoms with E-state index in [9.17, 15) is 9.59 Å². The predicted molar refractivity (Wildman–Crippen MR) is 89.2 cm³/mol. The minimum absolute atomic E-state index is 0.0434. The summed E-state index contributed by atoms with van der Waals surface area (Å²) in [7, 11) is 3.25. The van der Waals surface area contributed by atoms with Crippen molar-refractivity contribution in [3.8, 4) is 5.75 Å². The lowest BCUT2D eigenvalue weighted by Gasteiger charge is -2.21. The van der Waals surface area contributed by atoms with Crippen LogP contribution in [0.25, 0.3) is 0 Å². The SMILES string of the molecule is COc1ccccc1N1CCC(NC(=O)Cn2ncn(C)c2=O)C1. The maximum absolute atomic E-state index is 12.1. The molecular formula is C16H21N5O3. The summed E-state index contributed by atoms with van der Waals surface area (Å²) in [6, 6.07) is 7.88. The van der Waals surface area contributed by atoms with Gasteiger partial charge in [0.15, 0.2) is 0 Å². The van der Waals surface area contributed by atoms with Crippen LogP contribution in [0.15, 0.2) is 35.4 Å². The topological polar surface area (TPSA) is 81.4 Å². The van der Waals surface area contributed by atoms with Crippen LogP contribution in [0.4, 0.5) is 5.69 Å². The zero-order chi connectivity index (χ0) is 17.1. The van der Waals surface area contributed by atoms with E-state index >= 15 is 0 Å². The monoisotopic (exact) mass is 331 g/mol. The van der Waals surface area contributed by atoms with Crippen LogP contribution in [0.1, 0.15) is 6.42 Å². The van der Waals surface area contributed by atoms with Crippen molar-refractivity contribution in [1.82, 2.24) is 19.7 Å². The third kappa shape index (κ3) is 3.27. The first-order valence-corrected chi connectivity index (χ1v) is 7.84. The number of carbonyl (C=O) groups is 1. The number of aryl methyl sites for hydroxylation is 1. The molecule has 1 fully saturated rings. The Labute approximate surface area is 139 Å². The van der Waals surface area contributed by atoms with E-state index in [0.29, 0.717) is 6.54 Å². The van der Waals surface area contributed by atoms with Crippen molar-refractivity contribution >= 4 is 11.6 Å². The number of rotatable bonds is 5. The van der Waals surface area contributed by atoms with Crippen molar-refractivity contribution in [2.75, 3.05) is 25.1 Å². The predicted octanol–water partition coefficient (Wildman–Crippen LogP) is -0.0145. The molecule has 3 rings (SSSR count). The van der Waals surface area contributed by atoms with Crippen LogP contribution in [0.2, 0.25) is 0 Å². The van der Waals surface area contributed by atoms with Gasteiger partial charge in [-0.25, -0.2) is 9.48 Å². The Bertz CT molecular complexity index is 782. The van der Waals surface area contributed by atoms with Gasteiger partial charge in [0.25, 0.3) is 0 Å². The average molecular weight is 331 g/mol. The molecule has 1 unspecified atom stereocenters. The highest BCUT2D eigenvalue weighted by Gasteiger charge is 2.26. The molecule has 1 aromatic heterocycles. The molecule has 0 spiro atoms. The zero-order valence-corrected chi connectivity index (χ0v) is 13.8. The number of nitrogens with one attached hydrogen (secondary N) is 1. The molecule has 0 aliphatic carbocycles. The van der Waals surface area contributed by atoms with Gasteiger partial charge >= 0.3 is 5.69 Å². The van der Waals surface area contributed by atoms with Crippen molar-refractivity contribution in [2.24, 2.45) is 7.05 Å². The summed E-state index contributed by atoms with van der Waals surface area (Å²) < 4.78 is 7.89. The van der Waals surface area contributed by atoms with Crippen LogP contribution in [0.5, 0.6) is 5.75 Å². The third-order valence-corrected chi connectivity index (χ3v) is 4.16. The molecule has 1 atom stereocenters. The number of anilines is 1. The fourth-order valence-corrected chi connectivity index (χ4v) is 2.93. The average Bonchev–Trinajstić information content (AvgIpc) is 3.17. The van der Waals surface area contributed by atoms with E-state index in [2.05, 4.69) is 15.3 Å². The number of amides is 1. The molecule has 2 heterocycles. The van der Waals surface area contributed by atoms with Crippen molar-refractivity contribution in [3.63, 3.8) is 0 Å². The van der Waals surface area contributed by atoms with Crippen molar-refractivity contribution in [3.05, 3.63) is 41.1 Å². The fourth-order valence-electron chi connectivity index (χ4n) is 2.93. The maximum Gasteiger partial charge on any atom is 0.345 e. The molecule has 1 aliphatic rings. The Morgan fingerprint density at radius 3 is 2.92 bits per heavy atom. The first-order valence-electron chi connectivity index (χ1n) is 7.84. The van der Waals surface area contributed by atoms with Gasteiger partial charge in [-0.1, -0.05) is 12.1 Å². The molecule has 2 aromatic rings. The molecule has 0 radical (unpaired) electrons. The second-order valence-corrected chi connectivity index (χ2v) is 5.85. The van der Waals surface area contributed by atoms with Crippen LogP contribution in [-0.2, 0) is 18.4 Å². The molecule has 8 nitrogen and oxygen atoms in total. The summed E-state index contributed by atoms with van der Waals surface area (Å²) in [5.41, 5.74) is 0.727. The minimum atomic E-state index is -0.299. The molecule has 0 saturated carbocycles. The maximum atomic E-state index is 12.1. The van der Waals surface area contributed by atoms with E-state index in [1.165, 1.54) is 10.9 Å². The molecule has 8 heteroatoms. The Morgan fingerprint density at radius 2 is 2.21 bits per heavy atom. The summed E-state index contributed by atoms with van der Waals surface area (Å²) >= 11 is 0. The number of hydrogen-bond donors (Lipinski definition) is 1. The lowest BCUT2D eigenvalue weighted by atomic mass is 10.2. The summed E-state index contributed by atoms with van der Waals surface area (Å²) in [6.07, 6.45) is 2.25. The normalized spacial score (nSPS) is 17.1. The fraction of sp³-hybridized carbons (Fsp3) is 0.438. The van der Waals surface area contributed by atoms with Crippen LogP contribution >= 0.6 is 0 Å². The highest BCUT2D eigenvalue weighted by atomic mass is 16.5. The number of benzene rings is 1. The van der Waals surface area contributed by atoms with Crippen molar-refractivity contribution in [2.45, 2.75) is 19.0 Å². The second-order valence-electron chi connectivity index (χ2n) is 5.85. The van der Waals surface area contributed by atoms with E-state index in [-0.39, 0.29) is 24.2 Å². The molecule has 1 aliphatic heterocycles. The molecule has 128 valence electrons. The van der Waals surface area contributed by atoms with E-state index in [1.807, 2.05) is 24.3 Å². The Kier molecular flexibility index (Phi) is 4.54. The van der Waals surface area contributed by atoms with Gasteiger partial charge in [0.2, 0.25) is 5.91 Å². The highest BCUT2D eigenvalue weighted by Crippen LogP contribution is 2.30. The van der Waals surface area contributed by atoms with Gasteiger partial charge in [0.05, 0.1) is 12.8 Å². The lowest BCUT2D eigenvalue weighted by Crippen LogP contribution is -2.40. The number of methoxy groups -OCH3 is 1. The van der Waals surface area contributed by atoms with Crippen LogP contribution < -0.4 is 20.6 Å². The molecule has 1 N–H and O–H groups in total. The summed E-state index contributed by atoms with van der Waals surface area (Å²) in [6.45, 7) is 1.49. The number of para-hydroxylation sites is 2. The molecule has 1 amide bonds. The van der Waals surface area contributed by atoms with Gasteiger partial charge in [0.1, 0.15) is 18.6 Å². The molecular weight excluding hydrogens is 310 g/mol. The first-order chi connectivity index (χ1) is 11.6. The largest absolute Gasteiger partial charge is 0.495 e. The number of ether oxygens (including phenoxy) is 1. The van der Waals surface area contributed by atoms with Gasteiger partial charge in [-0.2, -0.15) is 5.10 Å².